The van der Waals surface area contributed by atoms with E-state index in [9.17, 15) is 14.4 Å². The molecule has 2 aromatic heterocycles. The average Bonchev–Trinajstić information content (AvgIpc) is 3.11. The van der Waals surface area contributed by atoms with Gasteiger partial charge in [-0.15, -0.1) is 11.3 Å². The first kappa shape index (κ1) is 13.7. The van der Waals surface area contributed by atoms with Crippen molar-refractivity contribution in [2.45, 2.75) is 25.8 Å². The van der Waals surface area contributed by atoms with E-state index in [2.05, 4.69) is 10.3 Å². The van der Waals surface area contributed by atoms with Crippen LogP contribution in [0.15, 0.2) is 17.8 Å². The van der Waals surface area contributed by atoms with Crippen molar-refractivity contribution in [3.8, 4) is 0 Å². The number of carbonyl (C=O) groups is 3. The van der Waals surface area contributed by atoms with Crippen LogP contribution in [0.25, 0.3) is 4.96 Å². The van der Waals surface area contributed by atoms with E-state index < -0.39 is 0 Å². The highest BCUT2D eigenvalue weighted by Crippen LogP contribution is 2.12. The van der Waals surface area contributed by atoms with Crippen LogP contribution >= 0.6 is 11.3 Å². The fraction of sp³-hybridized carbons (Fsp3) is 0.385. The largest absolute Gasteiger partial charge is 0.350 e. The first-order valence-corrected chi connectivity index (χ1v) is 7.52. The Labute approximate surface area is 124 Å². The Morgan fingerprint density at radius 2 is 2.10 bits per heavy atom. The number of hydrogen-bond donors (Lipinski definition) is 1. The molecule has 0 aliphatic carbocycles. The van der Waals surface area contributed by atoms with Crippen LogP contribution in [0.4, 0.5) is 0 Å². The van der Waals surface area contributed by atoms with Gasteiger partial charge in [-0.3, -0.25) is 23.7 Å². The van der Waals surface area contributed by atoms with E-state index >= 15 is 0 Å². The van der Waals surface area contributed by atoms with Crippen LogP contribution in [0.3, 0.4) is 0 Å². The second kappa shape index (κ2) is 5.65. The molecular formula is C13H14N4O3S. The maximum absolute atomic E-state index is 11.7. The van der Waals surface area contributed by atoms with Gasteiger partial charge >= 0.3 is 0 Å². The van der Waals surface area contributed by atoms with Crippen molar-refractivity contribution in [2.24, 2.45) is 0 Å². The van der Waals surface area contributed by atoms with Gasteiger partial charge in [0.05, 0.1) is 12.2 Å². The summed E-state index contributed by atoms with van der Waals surface area (Å²) >= 11 is 1.53. The molecule has 3 amide bonds. The van der Waals surface area contributed by atoms with E-state index in [-0.39, 0.29) is 43.5 Å². The number of aromatic nitrogens is 2. The van der Waals surface area contributed by atoms with E-state index in [4.69, 9.17) is 0 Å². The number of imide groups is 1. The molecule has 0 unspecified atom stereocenters. The molecule has 0 bridgehead atoms. The Hall–Kier alpha value is -2.22. The second-order valence-corrected chi connectivity index (χ2v) is 5.66. The molecule has 3 rings (SSSR count). The number of likely N-dealkylation sites (tertiary alicyclic amines) is 1. The minimum absolute atomic E-state index is 0.125. The van der Waals surface area contributed by atoms with Crippen LogP contribution in [0, 0.1) is 0 Å². The zero-order chi connectivity index (χ0) is 14.8. The molecule has 1 N–H and O–H groups in total. The van der Waals surface area contributed by atoms with Crippen molar-refractivity contribution in [1.29, 1.82) is 0 Å². The standard InChI is InChI=1S/C13H14N4O3S/c18-10(3-4-17-11(19)1-2-12(17)20)14-7-9-8-16-5-6-21-13(16)15-9/h5-6,8H,1-4,7H2,(H,14,18). The lowest BCUT2D eigenvalue weighted by Crippen LogP contribution is -2.34. The number of nitrogens with zero attached hydrogens (tertiary/aromatic N) is 3. The molecule has 2 aromatic rings. The van der Waals surface area contributed by atoms with Crippen LogP contribution in [0.2, 0.25) is 0 Å². The molecule has 0 atom stereocenters. The van der Waals surface area contributed by atoms with Crippen LogP contribution < -0.4 is 5.32 Å². The highest BCUT2D eigenvalue weighted by atomic mass is 32.1. The molecule has 8 heteroatoms. The Morgan fingerprint density at radius 1 is 1.33 bits per heavy atom. The average molecular weight is 306 g/mol. The molecule has 1 saturated heterocycles. The molecule has 0 aromatic carbocycles. The van der Waals surface area contributed by atoms with E-state index in [1.807, 2.05) is 22.2 Å². The summed E-state index contributed by atoms with van der Waals surface area (Å²) in [5, 5.41) is 4.68. The number of imidazole rings is 1. The molecule has 0 radical (unpaired) electrons. The molecule has 0 saturated carbocycles. The molecule has 0 spiro atoms. The Bertz CT molecular complexity index is 661. The highest BCUT2D eigenvalue weighted by molar-refractivity contribution is 7.15. The summed E-state index contributed by atoms with van der Waals surface area (Å²) < 4.78 is 1.90. The minimum Gasteiger partial charge on any atom is -0.350 e. The summed E-state index contributed by atoms with van der Waals surface area (Å²) in [5.74, 6) is -0.580. The number of carbonyl (C=O) groups excluding carboxylic acids is 3. The minimum atomic E-state index is -0.196. The lowest BCUT2D eigenvalue weighted by atomic mass is 10.3. The summed E-state index contributed by atoms with van der Waals surface area (Å²) in [6.45, 7) is 0.497. The SMILES string of the molecule is O=C(CCN1C(=O)CCC1=O)NCc1cn2ccsc2n1. The third-order valence-electron chi connectivity index (χ3n) is 3.33. The normalized spacial score (nSPS) is 15.1. The fourth-order valence-corrected chi connectivity index (χ4v) is 2.94. The highest BCUT2D eigenvalue weighted by Gasteiger charge is 2.28. The third kappa shape index (κ3) is 2.94. The van der Waals surface area contributed by atoms with Crippen LogP contribution in [0.5, 0.6) is 0 Å². The number of fused-ring (bicyclic) bond motifs is 1. The Balaban J connectivity index is 1.47. The van der Waals surface area contributed by atoms with Crippen molar-refractivity contribution in [3.05, 3.63) is 23.5 Å². The molecule has 110 valence electrons. The van der Waals surface area contributed by atoms with Gasteiger partial charge in [0.15, 0.2) is 4.96 Å². The maximum Gasteiger partial charge on any atom is 0.229 e. The van der Waals surface area contributed by atoms with Gasteiger partial charge in [0, 0.05) is 43.6 Å². The van der Waals surface area contributed by atoms with E-state index in [1.54, 1.807) is 0 Å². The zero-order valence-electron chi connectivity index (χ0n) is 11.2. The number of hydrogen-bond acceptors (Lipinski definition) is 5. The topological polar surface area (TPSA) is 83.8 Å². The van der Waals surface area contributed by atoms with Crippen molar-refractivity contribution in [1.82, 2.24) is 19.6 Å². The zero-order valence-corrected chi connectivity index (χ0v) is 12.1. The van der Waals surface area contributed by atoms with Gasteiger partial charge in [-0.05, 0) is 0 Å². The summed E-state index contributed by atoms with van der Waals surface area (Å²) in [7, 11) is 0. The summed E-state index contributed by atoms with van der Waals surface area (Å²) in [6.07, 6.45) is 4.40. The molecular weight excluding hydrogens is 292 g/mol. The summed E-state index contributed by atoms with van der Waals surface area (Å²) in [6, 6.07) is 0. The Morgan fingerprint density at radius 3 is 2.81 bits per heavy atom. The summed E-state index contributed by atoms with van der Waals surface area (Å²) in [5.41, 5.74) is 0.781. The first-order chi connectivity index (χ1) is 10.1. The van der Waals surface area contributed by atoms with Gasteiger partial charge in [-0.25, -0.2) is 4.98 Å². The molecule has 21 heavy (non-hydrogen) atoms. The molecule has 7 nitrogen and oxygen atoms in total. The number of nitrogens with one attached hydrogen (secondary N) is 1. The van der Waals surface area contributed by atoms with Gasteiger partial charge < -0.3 is 5.32 Å². The predicted octanol–water partition coefficient (Wildman–Crippen LogP) is 0.551. The van der Waals surface area contributed by atoms with Gasteiger partial charge in [0.25, 0.3) is 0 Å². The third-order valence-corrected chi connectivity index (χ3v) is 4.10. The van der Waals surface area contributed by atoms with Crippen molar-refractivity contribution >= 4 is 34.0 Å². The predicted molar refractivity (Wildman–Crippen MR) is 75.5 cm³/mol. The number of amides is 3. The molecule has 1 aliphatic heterocycles. The van der Waals surface area contributed by atoms with Crippen molar-refractivity contribution in [2.75, 3.05) is 6.54 Å². The lowest BCUT2D eigenvalue weighted by molar-refractivity contribution is -0.138. The number of rotatable bonds is 5. The molecule has 1 aliphatic rings. The van der Waals surface area contributed by atoms with E-state index in [0.29, 0.717) is 6.54 Å². The van der Waals surface area contributed by atoms with Crippen molar-refractivity contribution in [3.63, 3.8) is 0 Å². The summed E-state index contributed by atoms with van der Waals surface area (Å²) in [4.78, 5) is 41.0. The van der Waals surface area contributed by atoms with Crippen LogP contribution in [0.1, 0.15) is 25.0 Å². The Kier molecular flexibility index (Phi) is 3.70. The smallest absolute Gasteiger partial charge is 0.229 e. The van der Waals surface area contributed by atoms with Gasteiger partial charge in [0.2, 0.25) is 17.7 Å². The first-order valence-electron chi connectivity index (χ1n) is 6.64. The van der Waals surface area contributed by atoms with Crippen LogP contribution in [-0.4, -0.2) is 38.6 Å². The number of thiazole rings is 1. The van der Waals surface area contributed by atoms with Gasteiger partial charge in [-0.1, -0.05) is 0 Å². The molecule has 3 heterocycles. The lowest BCUT2D eigenvalue weighted by Gasteiger charge is -2.12. The van der Waals surface area contributed by atoms with E-state index in [1.165, 1.54) is 11.3 Å². The van der Waals surface area contributed by atoms with Crippen molar-refractivity contribution < 1.29 is 14.4 Å². The van der Waals surface area contributed by atoms with E-state index in [0.717, 1.165) is 15.6 Å². The quantitative estimate of drug-likeness (QED) is 0.818. The molecule has 1 fully saturated rings. The second-order valence-electron chi connectivity index (χ2n) is 4.79. The fourth-order valence-electron chi connectivity index (χ4n) is 2.22. The van der Waals surface area contributed by atoms with Gasteiger partial charge in [-0.2, -0.15) is 0 Å². The monoisotopic (exact) mass is 306 g/mol. The maximum atomic E-state index is 11.7. The van der Waals surface area contributed by atoms with Gasteiger partial charge in [0.1, 0.15) is 0 Å². The van der Waals surface area contributed by atoms with Crippen LogP contribution in [-0.2, 0) is 20.9 Å².